The van der Waals surface area contributed by atoms with Gasteiger partial charge in [-0.2, -0.15) is 0 Å². The van der Waals surface area contributed by atoms with Gasteiger partial charge in [-0.25, -0.2) is 0 Å². The van der Waals surface area contributed by atoms with E-state index in [1.54, 1.807) is 0 Å². The smallest absolute Gasteiger partial charge is 0.000253 e. The van der Waals surface area contributed by atoms with Crippen molar-refractivity contribution in [3.05, 3.63) is 41.2 Å². The van der Waals surface area contributed by atoms with Crippen LogP contribution in [0.15, 0.2) is 41.2 Å². The third-order valence-electron chi connectivity index (χ3n) is 2.99. The van der Waals surface area contributed by atoms with Crippen LogP contribution >= 0.6 is 0 Å². The predicted octanol–water partition coefficient (Wildman–Crippen LogP) is 3.77. The molecule has 0 bridgehead atoms. The Kier molecular flexibility index (Phi) is 2.52. The minimum atomic E-state index is 0.760. The molecule has 0 heteroatoms. The van der Waals surface area contributed by atoms with Gasteiger partial charge in [0.25, 0.3) is 0 Å². The molecular formula is C13H16. The van der Waals surface area contributed by atoms with Crippen LogP contribution in [-0.2, 0) is 0 Å². The summed E-state index contributed by atoms with van der Waals surface area (Å²) in [4.78, 5) is 0. The van der Waals surface area contributed by atoms with Gasteiger partial charge in [0.1, 0.15) is 0 Å². The molecule has 0 aromatic rings. The van der Waals surface area contributed by atoms with Crippen LogP contribution in [0.25, 0.3) is 0 Å². The van der Waals surface area contributed by atoms with Gasteiger partial charge in [-0.05, 0) is 43.3 Å². The average Bonchev–Trinajstić information content (AvgIpc) is 2.41. The number of hydrogen-bond donors (Lipinski definition) is 0. The number of hydrogen-bond acceptors (Lipinski definition) is 0. The highest BCUT2D eigenvalue weighted by Gasteiger charge is 2.20. The molecular weight excluding hydrogens is 156 g/mol. The lowest BCUT2D eigenvalue weighted by atomic mass is 9.80. The van der Waals surface area contributed by atoms with Crippen LogP contribution < -0.4 is 0 Å². The molecule has 0 aromatic carbocycles. The summed E-state index contributed by atoms with van der Waals surface area (Å²) in [5, 5.41) is 0. The molecule has 0 heterocycles. The lowest BCUT2D eigenvalue weighted by Crippen LogP contribution is -2.10. The zero-order valence-corrected chi connectivity index (χ0v) is 8.22. The van der Waals surface area contributed by atoms with Gasteiger partial charge in [0.2, 0.25) is 0 Å². The molecule has 0 aliphatic heterocycles. The fourth-order valence-electron chi connectivity index (χ4n) is 2.24. The van der Waals surface area contributed by atoms with Gasteiger partial charge in [-0.15, -0.1) is 5.73 Å². The molecule has 1 saturated carbocycles. The molecule has 0 amide bonds. The minimum Gasteiger partial charge on any atom is -0.117 e. The first-order valence-electron chi connectivity index (χ1n) is 5.24. The molecule has 0 N–H and O–H groups in total. The Hall–Kier alpha value is -1.00. The normalized spacial score (nSPS) is 26.1. The van der Waals surface area contributed by atoms with Crippen LogP contribution in [0.4, 0.5) is 0 Å². The summed E-state index contributed by atoms with van der Waals surface area (Å²) in [7, 11) is 0. The summed E-state index contributed by atoms with van der Waals surface area (Å²) in [6, 6.07) is 0. The monoisotopic (exact) mass is 172 g/mol. The molecule has 1 unspecified atom stereocenters. The van der Waals surface area contributed by atoms with E-state index in [0.717, 1.165) is 5.92 Å². The van der Waals surface area contributed by atoms with Gasteiger partial charge in [-0.1, -0.05) is 25.2 Å². The second-order valence-corrected chi connectivity index (χ2v) is 3.80. The molecule has 0 aromatic heterocycles. The van der Waals surface area contributed by atoms with Crippen LogP contribution in [0.1, 0.15) is 32.6 Å². The Bertz CT molecular complexity index is 309. The number of rotatable bonds is 1. The predicted molar refractivity (Wildman–Crippen MR) is 56.5 cm³/mol. The molecule has 2 aliphatic carbocycles. The lowest BCUT2D eigenvalue weighted by Gasteiger charge is -2.24. The summed E-state index contributed by atoms with van der Waals surface area (Å²) >= 11 is 0. The maximum absolute atomic E-state index is 3.42. The highest BCUT2D eigenvalue weighted by Crippen LogP contribution is 2.35. The molecule has 13 heavy (non-hydrogen) atoms. The second-order valence-electron chi connectivity index (χ2n) is 3.80. The average molecular weight is 172 g/mol. The van der Waals surface area contributed by atoms with E-state index in [1.807, 2.05) is 6.08 Å². The van der Waals surface area contributed by atoms with Crippen molar-refractivity contribution in [2.75, 3.05) is 0 Å². The Morgan fingerprint density at radius 1 is 1.46 bits per heavy atom. The van der Waals surface area contributed by atoms with Gasteiger partial charge < -0.3 is 0 Å². The molecule has 1 fully saturated rings. The quantitative estimate of drug-likeness (QED) is 0.528. The standard InChI is InChI=1S/C13H16/c1-2-11-8-6-9-12-7-4-3-5-10-13(11)12/h3-5,7,11H,2,6,8-9H2,1H3. The van der Waals surface area contributed by atoms with E-state index in [9.17, 15) is 0 Å². The van der Waals surface area contributed by atoms with Crippen LogP contribution in [-0.4, -0.2) is 0 Å². The van der Waals surface area contributed by atoms with E-state index in [2.05, 4.69) is 30.9 Å². The van der Waals surface area contributed by atoms with E-state index in [1.165, 1.54) is 36.8 Å². The first-order valence-corrected chi connectivity index (χ1v) is 5.24. The fourth-order valence-corrected chi connectivity index (χ4v) is 2.24. The Labute approximate surface area is 80.3 Å². The highest BCUT2D eigenvalue weighted by molar-refractivity contribution is 5.39. The van der Waals surface area contributed by atoms with Crippen LogP contribution in [0.3, 0.4) is 0 Å². The molecule has 68 valence electrons. The van der Waals surface area contributed by atoms with E-state index < -0.39 is 0 Å². The van der Waals surface area contributed by atoms with Crippen molar-refractivity contribution in [3.8, 4) is 0 Å². The Balaban J connectivity index is 2.36. The van der Waals surface area contributed by atoms with Crippen molar-refractivity contribution in [3.63, 3.8) is 0 Å². The maximum Gasteiger partial charge on any atom is 0.000253 e. The fraction of sp³-hybridized carbons (Fsp3) is 0.462. The third-order valence-corrected chi connectivity index (χ3v) is 2.99. The van der Waals surface area contributed by atoms with E-state index >= 15 is 0 Å². The van der Waals surface area contributed by atoms with Gasteiger partial charge in [0, 0.05) is 5.57 Å². The summed E-state index contributed by atoms with van der Waals surface area (Å²) in [5.74, 6) is 0.760. The number of fused-ring (bicyclic) bond motifs is 1. The summed E-state index contributed by atoms with van der Waals surface area (Å²) in [5.41, 5.74) is 6.41. The van der Waals surface area contributed by atoms with Gasteiger partial charge >= 0.3 is 0 Å². The van der Waals surface area contributed by atoms with Crippen molar-refractivity contribution < 1.29 is 0 Å². The van der Waals surface area contributed by atoms with Crippen molar-refractivity contribution >= 4 is 0 Å². The van der Waals surface area contributed by atoms with E-state index in [0.29, 0.717) is 0 Å². The van der Waals surface area contributed by atoms with E-state index in [4.69, 9.17) is 0 Å². The first kappa shape index (κ1) is 8.59. The molecule has 2 rings (SSSR count). The molecule has 0 saturated heterocycles. The third kappa shape index (κ3) is 1.68. The van der Waals surface area contributed by atoms with Crippen molar-refractivity contribution in [1.29, 1.82) is 0 Å². The second kappa shape index (κ2) is 3.81. The molecule has 0 radical (unpaired) electrons. The molecule has 2 aliphatic rings. The topological polar surface area (TPSA) is 0 Å². The van der Waals surface area contributed by atoms with Crippen LogP contribution in [0, 0.1) is 5.92 Å². The van der Waals surface area contributed by atoms with Crippen molar-refractivity contribution in [1.82, 2.24) is 0 Å². The lowest BCUT2D eigenvalue weighted by molar-refractivity contribution is 0.489. The summed E-state index contributed by atoms with van der Waals surface area (Å²) in [6.07, 6.45) is 13.7. The molecule has 0 spiro atoms. The van der Waals surface area contributed by atoms with Gasteiger partial charge in [0.15, 0.2) is 0 Å². The zero-order chi connectivity index (χ0) is 9.10. The first-order chi connectivity index (χ1) is 6.42. The maximum atomic E-state index is 3.42. The largest absolute Gasteiger partial charge is 0.117 e. The molecule has 0 nitrogen and oxygen atoms in total. The summed E-state index contributed by atoms with van der Waals surface area (Å²) < 4.78 is 0. The Morgan fingerprint density at radius 2 is 2.38 bits per heavy atom. The van der Waals surface area contributed by atoms with Crippen molar-refractivity contribution in [2.45, 2.75) is 32.6 Å². The van der Waals surface area contributed by atoms with Crippen LogP contribution in [0.2, 0.25) is 0 Å². The highest BCUT2D eigenvalue weighted by atomic mass is 14.2. The minimum absolute atomic E-state index is 0.760. The summed E-state index contributed by atoms with van der Waals surface area (Å²) in [6.45, 7) is 2.28. The SMILES string of the molecule is CCC1CCCC2=CC=CC=C=C21. The van der Waals surface area contributed by atoms with Crippen molar-refractivity contribution in [2.24, 2.45) is 5.92 Å². The van der Waals surface area contributed by atoms with Crippen LogP contribution in [0.5, 0.6) is 0 Å². The number of allylic oxidation sites excluding steroid dienone is 5. The Morgan fingerprint density at radius 3 is 3.23 bits per heavy atom. The zero-order valence-electron chi connectivity index (χ0n) is 8.22. The van der Waals surface area contributed by atoms with Gasteiger partial charge in [0.05, 0.1) is 0 Å². The van der Waals surface area contributed by atoms with E-state index in [-0.39, 0.29) is 0 Å². The molecule has 1 atom stereocenters. The van der Waals surface area contributed by atoms with Gasteiger partial charge in [-0.3, -0.25) is 0 Å².